The second-order valence-corrected chi connectivity index (χ2v) is 7.30. The molecular weight excluding hydrogens is 288 g/mol. The number of piperidine rings is 1. The van der Waals surface area contributed by atoms with E-state index >= 15 is 0 Å². The Morgan fingerprint density at radius 1 is 1.19 bits per heavy atom. The molecule has 6 nitrogen and oxygen atoms in total. The largest absolute Gasteiger partial charge is 0.367 e. The minimum absolute atomic E-state index is 0.237. The first kappa shape index (κ1) is 14.2. The summed E-state index contributed by atoms with van der Waals surface area (Å²) < 4.78 is 24.6. The maximum absolute atomic E-state index is 11.5. The highest BCUT2D eigenvalue weighted by Gasteiger charge is 2.25. The Labute approximate surface area is 124 Å². The lowest BCUT2D eigenvalue weighted by Crippen LogP contribution is -2.41. The lowest BCUT2D eigenvalue weighted by Gasteiger charge is -2.31. The van der Waals surface area contributed by atoms with Crippen LogP contribution in [-0.4, -0.2) is 48.1 Å². The van der Waals surface area contributed by atoms with E-state index in [2.05, 4.69) is 15.3 Å². The highest BCUT2D eigenvalue weighted by molar-refractivity contribution is 7.88. The number of nitrogens with one attached hydrogen (secondary N) is 1. The molecule has 3 rings (SSSR count). The first-order chi connectivity index (χ1) is 10.0. The molecule has 1 aromatic carbocycles. The zero-order chi connectivity index (χ0) is 14.9. The van der Waals surface area contributed by atoms with Gasteiger partial charge in [-0.05, 0) is 25.0 Å². The van der Waals surface area contributed by atoms with E-state index in [9.17, 15) is 8.42 Å². The fourth-order valence-electron chi connectivity index (χ4n) is 2.64. The lowest BCUT2D eigenvalue weighted by atomic mass is 10.1. The first-order valence-corrected chi connectivity index (χ1v) is 8.80. The van der Waals surface area contributed by atoms with Gasteiger partial charge in [-0.15, -0.1) is 0 Å². The quantitative estimate of drug-likeness (QED) is 0.929. The van der Waals surface area contributed by atoms with Crippen molar-refractivity contribution in [3.8, 4) is 0 Å². The van der Waals surface area contributed by atoms with E-state index in [0.29, 0.717) is 13.1 Å². The van der Waals surface area contributed by atoms with Gasteiger partial charge < -0.3 is 5.32 Å². The summed E-state index contributed by atoms with van der Waals surface area (Å²) in [4.78, 5) is 8.56. The maximum atomic E-state index is 11.5. The molecule has 0 unspecified atom stereocenters. The topological polar surface area (TPSA) is 75.2 Å². The number of hydrogen-bond donors (Lipinski definition) is 1. The van der Waals surface area contributed by atoms with Crippen LogP contribution in [-0.2, 0) is 10.0 Å². The molecule has 2 aromatic rings. The van der Waals surface area contributed by atoms with E-state index in [4.69, 9.17) is 0 Å². The van der Waals surface area contributed by atoms with Crippen LogP contribution in [0.2, 0.25) is 0 Å². The van der Waals surface area contributed by atoms with E-state index in [1.165, 1.54) is 10.6 Å². The van der Waals surface area contributed by atoms with Gasteiger partial charge in [0.25, 0.3) is 0 Å². The van der Waals surface area contributed by atoms with Crippen molar-refractivity contribution >= 4 is 26.7 Å². The van der Waals surface area contributed by atoms with Crippen molar-refractivity contribution < 1.29 is 8.42 Å². The number of para-hydroxylation sites is 1. The third-order valence-corrected chi connectivity index (χ3v) is 5.11. The van der Waals surface area contributed by atoms with Gasteiger partial charge in [0, 0.05) is 24.5 Å². The van der Waals surface area contributed by atoms with Crippen LogP contribution in [0.25, 0.3) is 10.9 Å². The molecular formula is C14H18N4O2S. The van der Waals surface area contributed by atoms with E-state index < -0.39 is 10.0 Å². The van der Waals surface area contributed by atoms with Crippen molar-refractivity contribution in [2.75, 3.05) is 24.7 Å². The summed E-state index contributed by atoms with van der Waals surface area (Å²) in [5.41, 5.74) is 0.906. The number of aromatic nitrogens is 2. The Hall–Kier alpha value is -1.73. The monoisotopic (exact) mass is 306 g/mol. The predicted molar refractivity (Wildman–Crippen MR) is 82.6 cm³/mol. The number of fused-ring (bicyclic) bond motifs is 1. The van der Waals surface area contributed by atoms with E-state index in [1.807, 2.05) is 24.3 Å². The summed E-state index contributed by atoms with van der Waals surface area (Å²) >= 11 is 0. The van der Waals surface area contributed by atoms with Crippen LogP contribution in [0.5, 0.6) is 0 Å². The normalized spacial score (nSPS) is 18.0. The predicted octanol–water partition coefficient (Wildman–Crippen LogP) is 1.47. The van der Waals surface area contributed by atoms with Gasteiger partial charge in [-0.1, -0.05) is 12.1 Å². The summed E-state index contributed by atoms with van der Waals surface area (Å²) in [6.45, 7) is 1.11. The third-order valence-electron chi connectivity index (χ3n) is 3.81. The molecule has 0 atom stereocenters. The Bertz CT molecular complexity index is 734. The molecule has 7 heteroatoms. The second-order valence-electron chi connectivity index (χ2n) is 5.32. The van der Waals surface area contributed by atoms with Gasteiger partial charge in [-0.25, -0.2) is 22.7 Å². The van der Waals surface area contributed by atoms with Gasteiger partial charge in [0.2, 0.25) is 10.0 Å². The molecule has 1 N–H and O–H groups in total. The molecule has 0 saturated carbocycles. The average molecular weight is 306 g/mol. The Morgan fingerprint density at radius 2 is 1.90 bits per heavy atom. The molecule has 0 spiro atoms. The van der Waals surface area contributed by atoms with Crippen molar-refractivity contribution in [3.63, 3.8) is 0 Å². The van der Waals surface area contributed by atoms with E-state index in [1.54, 1.807) is 6.33 Å². The summed E-state index contributed by atoms with van der Waals surface area (Å²) in [7, 11) is -3.08. The number of anilines is 1. The van der Waals surface area contributed by atoms with Gasteiger partial charge in [-0.3, -0.25) is 0 Å². The molecule has 1 saturated heterocycles. The summed E-state index contributed by atoms with van der Waals surface area (Å²) in [6, 6.07) is 8.09. The smallest absolute Gasteiger partial charge is 0.211 e. The van der Waals surface area contributed by atoms with Crippen molar-refractivity contribution in [1.29, 1.82) is 0 Å². The summed E-state index contributed by atoms with van der Waals surface area (Å²) in [6.07, 6.45) is 4.38. The Morgan fingerprint density at radius 3 is 2.62 bits per heavy atom. The van der Waals surface area contributed by atoms with Crippen LogP contribution >= 0.6 is 0 Å². The maximum Gasteiger partial charge on any atom is 0.211 e. The van der Waals surface area contributed by atoms with Crippen LogP contribution < -0.4 is 5.32 Å². The fourth-order valence-corrected chi connectivity index (χ4v) is 3.52. The van der Waals surface area contributed by atoms with Gasteiger partial charge in [0.1, 0.15) is 12.1 Å². The van der Waals surface area contributed by atoms with Crippen LogP contribution in [0.15, 0.2) is 30.6 Å². The van der Waals surface area contributed by atoms with Crippen molar-refractivity contribution in [1.82, 2.24) is 14.3 Å². The van der Waals surface area contributed by atoms with Gasteiger partial charge in [0.05, 0.1) is 11.8 Å². The molecule has 1 aliphatic heterocycles. The van der Waals surface area contributed by atoms with Crippen LogP contribution in [0, 0.1) is 0 Å². The van der Waals surface area contributed by atoms with E-state index in [-0.39, 0.29) is 6.04 Å². The van der Waals surface area contributed by atoms with Gasteiger partial charge in [-0.2, -0.15) is 0 Å². The standard InChI is InChI=1S/C14H18N4O2S/c1-21(19,20)18-8-6-11(7-9-18)17-14-12-4-2-3-5-13(12)15-10-16-14/h2-5,10-11H,6-9H2,1H3,(H,15,16,17). The minimum atomic E-state index is -3.08. The molecule has 0 radical (unpaired) electrons. The molecule has 21 heavy (non-hydrogen) atoms. The number of benzene rings is 1. The van der Waals surface area contributed by atoms with Gasteiger partial charge in [0.15, 0.2) is 0 Å². The third kappa shape index (κ3) is 3.14. The SMILES string of the molecule is CS(=O)(=O)N1CCC(Nc2ncnc3ccccc23)CC1. The van der Waals surface area contributed by atoms with Crippen LogP contribution in [0.1, 0.15) is 12.8 Å². The molecule has 1 aromatic heterocycles. The summed E-state index contributed by atoms with van der Waals surface area (Å²) in [5, 5.41) is 4.41. The Kier molecular flexibility index (Phi) is 3.77. The zero-order valence-electron chi connectivity index (χ0n) is 11.9. The molecule has 0 bridgehead atoms. The second kappa shape index (κ2) is 5.57. The molecule has 0 aliphatic carbocycles. The fraction of sp³-hybridized carbons (Fsp3) is 0.429. The van der Waals surface area contributed by atoms with Crippen molar-refractivity contribution in [2.45, 2.75) is 18.9 Å². The summed E-state index contributed by atoms with van der Waals surface area (Å²) in [5.74, 6) is 0.818. The molecule has 112 valence electrons. The Balaban J connectivity index is 1.73. The highest BCUT2D eigenvalue weighted by Crippen LogP contribution is 2.22. The number of nitrogens with zero attached hydrogens (tertiary/aromatic N) is 3. The molecule has 2 heterocycles. The minimum Gasteiger partial charge on any atom is -0.367 e. The van der Waals surface area contributed by atoms with Crippen LogP contribution in [0.4, 0.5) is 5.82 Å². The van der Waals surface area contributed by atoms with Crippen molar-refractivity contribution in [3.05, 3.63) is 30.6 Å². The van der Waals surface area contributed by atoms with Crippen molar-refractivity contribution in [2.24, 2.45) is 0 Å². The molecule has 1 fully saturated rings. The average Bonchev–Trinajstić information content (AvgIpc) is 2.47. The molecule has 0 amide bonds. The number of hydrogen-bond acceptors (Lipinski definition) is 5. The van der Waals surface area contributed by atoms with Gasteiger partial charge >= 0.3 is 0 Å². The number of rotatable bonds is 3. The zero-order valence-corrected chi connectivity index (χ0v) is 12.7. The van der Waals surface area contributed by atoms with Crippen LogP contribution in [0.3, 0.4) is 0 Å². The first-order valence-electron chi connectivity index (χ1n) is 6.95. The highest BCUT2D eigenvalue weighted by atomic mass is 32.2. The van der Waals surface area contributed by atoms with E-state index in [0.717, 1.165) is 29.6 Å². The molecule has 1 aliphatic rings. The number of sulfonamides is 1. The lowest BCUT2D eigenvalue weighted by molar-refractivity contribution is 0.331.